The molecule has 2 aromatic rings. The van der Waals surface area contributed by atoms with Gasteiger partial charge in [0.1, 0.15) is 5.82 Å². The molecule has 0 aliphatic carbocycles. The minimum atomic E-state index is -4.32. The van der Waals surface area contributed by atoms with Crippen molar-refractivity contribution < 1.29 is 18.0 Å². The molecule has 0 unspecified atom stereocenters. The number of nitrogens with one attached hydrogen (secondary N) is 3. The molecule has 1 aromatic carbocycles. The molecular weight excluding hydrogens is 309 g/mol. The average Bonchev–Trinajstić information content (AvgIpc) is 2.50. The fourth-order valence-electron chi connectivity index (χ4n) is 1.94. The third kappa shape index (κ3) is 6.11. The van der Waals surface area contributed by atoms with Crippen molar-refractivity contribution in [1.82, 2.24) is 15.6 Å². The molecule has 124 valence electrons. The molecule has 0 saturated heterocycles. The quantitative estimate of drug-likeness (QED) is 0.680. The summed E-state index contributed by atoms with van der Waals surface area (Å²) in [7, 11) is 0. The highest BCUT2D eigenvalue weighted by Crippen LogP contribution is 2.14. The second kappa shape index (κ2) is 7.77. The van der Waals surface area contributed by atoms with E-state index in [-0.39, 0.29) is 6.54 Å². The SMILES string of the molecule is O=C(CNCC(F)(F)F)NCCNc1ccc2ccccc2n1. The van der Waals surface area contributed by atoms with Crippen LogP contribution < -0.4 is 16.0 Å². The molecule has 1 amide bonds. The number of fused-ring (bicyclic) bond motifs is 1. The van der Waals surface area contributed by atoms with E-state index in [9.17, 15) is 18.0 Å². The summed E-state index contributed by atoms with van der Waals surface area (Å²) in [4.78, 5) is 15.7. The highest BCUT2D eigenvalue weighted by molar-refractivity contribution is 5.80. The molecule has 0 aliphatic rings. The fraction of sp³-hybridized carbons (Fsp3) is 0.333. The highest BCUT2D eigenvalue weighted by atomic mass is 19.4. The van der Waals surface area contributed by atoms with Gasteiger partial charge in [0.15, 0.2) is 0 Å². The lowest BCUT2D eigenvalue weighted by atomic mass is 10.2. The van der Waals surface area contributed by atoms with Crippen LogP contribution in [0.3, 0.4) is 0 Å². The maximum atomic E-state index is 11.9. The Morgan fingerprint density at radius 1 is 1.09 bits per heavy atom. The molecule has 0 fully saturated rings. The first kappa shape index (κ1) is 17.0. The van der Waals surface area contributed by atoms with Crippen molar-refractivity contribution in [3.05, 3.63) is 36.4 Å². The van der Waals surface area contributed by atoms with Crippen molar-refractivity contribution in [1.29, 1.82) is 0 Å². The third-order valence-corrected chi connectivity index (χ3v) is 2.96. The van der Waals surface area contributed by atoms with Gasteiger partial charge in [-0.1, -0.05) is 18.2 Å². The Kier molecular flexibility index (Phi) is 5.75. The number of benzene rings is 1. The van der Waals surface area contributed by atoms with Crippen LogP contribution >= 0.6 is 0 Å². The molecule has 0 atom stereocenters. The second-order valence-electron chi connectivity index (χ2n) is 4.88. The average molecular weight is 326 g/mol. The summed E-state index contributed by atoms with van der Waals surface area (Å²) in [6.45, 7) is -0.829. The van der Waals surface area contributed by atoms with E-state index in [0.29, 0.717) is 18.9 Å². The third-order valence-electron chi connectivity index (χ3n) is 2.96. The van der Waals surface area contributed by atoms with Crippen LogP contribution in [-0.4, -0.2) is 43.2 Å². The van der Waals surface area contributed by atoms with Crippen LogP contribution in [0.25, 0.3) is 10.9 Å². The molecule has 0 aliphatic heterocycles. The zero-order chi connectivity index (χ0) is 16.7. The molecule has 0 bridgehead atoms. The Hall–Kier alpha value is -2.35. The van der Waals surface area contributed by atoms with E-state index in [1.54, 1.807) is 0 Å². The van der Waals surface area contributed by atoms with Gasteiger partial charge in [-0.05, 0) is 18.2 Å². The number of halogens is 3. The Balaban J connectivity index is 1.67. The molecule has 0 saturated carbocycles. The minimum absolute atomic E-state index is 0.293. The van der Waals surface area contributed by atoms with Gasteiger partial charge in [0.25, 0.3) is 0 Å². The van der Waals surface area contributed by atoms with Crippen LogP contribution in [0.1, 0.15) is 0 Å². The molecule has 1 aromatic heterocycles. The summed E-state index contributed by atoms with van der Waals surface area (Å²) in [5.41, 5.74) is 0.859. The van der Waals surface area contributed by atoms with Crippen LogP contribution in [-0.2, 0) is 4.79 Å². The summed E-state index contributed by atoms with van der Waals surface area (Å²) >= 11 is 0. The smallest absolute Gasteiger partial charge is 0.368 e. The number of rotatable bonds is 7. The van der Waals surface area contributed by atoms with E-state index < -0.39 is 18.6 Å². The number of carbonyl (C=O) groups is 1. The van der Waals surface area contributed by atoms with Gasteiger partial charge in [-0.3, -0.25) is 4.79 Å². The number of hydrogen-bond donors (Lipinski definition) is 3. The van der Waals surface area contributed by atoms with Gasteiger partial charge in [0.2, 0.25) is 5.91 Å². The number of carbonyl (C=O) groups excluding carboxylic acids is 1. The Bertz CT molecular complexity index is 660. The van der Waals surface area contributed by atoms with Crippen molar-refractivity contribution in [3.63, 3.8) is 0 Å². The lowest BCUT2D eigenvalue weighted by Gasteiger charge is -2.10. The maximum absolute atomic E-state index is 11.9. The Morgan fingerprint density at radius 2 is 1.87 bits per heavy atom. The Labute approximate surface area is 131 Å². The molecule has 8 heteroatoms. The number of pyridine rings is 1. The molecular formula is C15H17F3N4O. The van der Waals surface area contributed by atoms with Crippen molar-refractivity contribution in [2.45, 2.75) is 6.18 Å². The van der Waals surface area contributed by atoms with Crippen LogP contribution in [0.2, 0.25) is 0 Å². The first-order valence-corrected chi connectivity index (χ1v) is 7.08. The van der Waals surface area contributed by atoms with Crippen molar-refractivity contribution in [2.24, 2.45) is 0 Å². The zero-order valence-corrected chi connectivity index (χ0v) is 12.3. The largest absolute Gasteiger partial charge is 0.401 e. The maximum Gasteiger partial charge on any atom is 0.401 e. The second-order valence-corrected chi connectivity index (χ2v) is 4.88. The van der Waals surface area contributed by atoms with E-state index in [1.165, 1.54) is 0 Å². The number of alkyl halides is 3. The number of amides is 1. The Morgan fingerprint density at radius 3 is 2.65 bits per heavy atom. The van der Waals surface area contributed by atoms with Crippen LogP contribution in [0.5, 0.6) is 0 Å². The monoisotopic (exact) mass is 326 g/mol. The molecule has 2 rings (SSSR count). The molecule has 1 heterocycles. The van der Waals surface area contributed by atoms with Crippen LogP contribution in [0.15, 0.2) is 36.4 Å². The van der Waals surface area contributed by atoms with Crippen LogP contribution in [0, 0.1) is 0 Å². The van der Waals surface area contributed by atoms with E-state index in [1.807, 2.05) is 41.7 Å². The van der Waals surface area contributed by atoms with Gasteiger partial charge in [0.05, 0.1) is 18.6 Å². The van der Waals surface area contributed by atoms with Gasteiger partial charge in [0, 0.05) is 18.5 Å². The summed E-state index contributed by atoms with van der Waals surface area (Å²) in [6.07, 6.45) is -4.32. The molecule has 0 spiro atoms. The van der Waals surface area contributed by atoms with Gasteiger partial charge in [-0.25, -0.2) is 4.98 Å². The summed E-state index contributed by atoms with van der Waals surface area (Å²) in [6, 6.07) is 11.4. The molecule has 23 heavy (non-hydrogen) atoms. The summed E-state index contributed by atoms with van der Waals surface area (Å²) in [5, 5.41) is 8.63. The van der Waals surface area contributed by atoms with Gasteiger partial charge < -0.3 is 16.0 Å². The lowest BCUT2D eigenvalue weighted by Crippen LogP contribution is -2.39. The van der Waals surface area contributed by atoms with Crippen molar-refractivity contribution >= 4 is 22.6 Å². The fourth-order valence-corrected chi connectivity index (χ4v) is 1.94. The normalized spacial score (nSPS) is 11.4. The first-order chi connectivity index (χ1) is 10.9. The van der Waals surface area contributed by atoms with Gasteiger partial charge in [-0.15, -0.1) is 0 Å². The van der Waals surface area contributed by atoms with Crippen LogP contribution in [0.4, 0.5) is 19.0 Å². The number of hydrogen-bond acceptors (Lipinski definition) is 4. The topological polar surface area (TPSA) is 66.1 Å². The first-order valence-electron chi connectivity index (χ1n) is 7.08. The number of anilines is 1. The molecule has 0 radical (unpaired) electrons. The standard InChI is InChI=1S/C15H17F3N4O/c16-15(17,18)10-19-9-14(23)21-8-7-20-13-6-5-11-3-1-2-4-12(11)22-13/h1-6,19H,7-10H2,(H,20,22)(H,21,23). The van der Waals surface area contributed by atoms with E-state index in [4.69, 9.17) is 0 Å². The number of nitrogens with zero attached hydrogens (tertiary/aromatic N) is 1. The number of para-hydroxylation sites is 1. The van der Waals surface area contributed by atoms with E-state index in [2.05, 4.69) is 15.6 Å². The predicted molar refractivity (Wildman–Crippen MR) is 82.2 cm³/mol. The predicted octanol–water partition coefficient (Wildman–Crippen LogP) is 1.91. The minimum Gasteiger partial charge on any atom is -0.368 e. The molecule has 5 nitrogen and oxygen atoms in total. The highest BCUT2D eigenvalue weighted by Gasteiger charge is 2.26. The lowest BCUT2D eigenvalue weighted by molar-refractivity contribution is -0.128. The van der Waals surface area contributed by atoms with Crippen molar-refractivity contribution in [3.8, 4) is 0 Å². The van der Waals surface area contributed by atoms with Gasteiger partial charge >= 0.3 is 6.18 Å². The summed E-state index contributed by atoms with van der Waals surface area (Å²) in [5.74, 6) is 0.190. The van der Waals surface area contributed by atoms with E-state index >= 15 is 0 Å². The zero-order valence-electron chi connectivity index (χ0n) is 12.3. The van der Waals surface area contributed by atoms with Crippen molar-refractivity contribution in [2.75, 3.05) is 31.5 Å². The molecule has 3 N–H and O–H groups in total. The summed E-state index contributed by atoms with van der Waals surface area (Å²) < 4.78 is 35.7. The number of aromatic nitrogens is 1. The van der Waals surface area contributed by atoms with E-state index in [0.717, 1.165) is 10.9 Å². The van der Waals surface area contributed by atoms with Gasteiger partial charge in [-0.2, -0.15) is 13.2 Å².